The van der Waals surface area contributed by atoms with Crippen molar-refractivity contribution in [3.63, 3.8) is 0 Å². The van der Waals surface area contributed by atoms with Crippen molar-refractivity contribution in [3.05, 3.63) is 95.1 Å². The number of aliphatic carboxylic acids is 1. The fourth-order valence-corrected chi connectivity index (χ4v) is 5.01. The Morgan fingerprint density at radius 2 is 1.54 bits per heavy atom. The number of sulfonamides is 1. The van der Waals surface area contributed by atoms with Gasteiger partial charge in [0, 0.05) is 5.56 Å². The highest BCUT2D eigenvalue weighted by atomic mass is 32.2. The Morgan fingerprint density at radius 3 is 2.14 bits per heavy atom. The molecule has 184 valence electrons. The molecule has 3 aromatic carbocycles. The van der Waals surface area contributed by atoms with Gasteiger partial charge in [0.2, 0.25) is 10.0 Å². The smallest absolute Gasteiger partial charge is 0.327 e. The second kappa shape index (κ2) is 11.3. The van der Waals surface area contributed by atoms with Gasteiger partial charge in [-0.15, -0.1) is 0 Å². The Bertz CT molecular complexity index is 1300. The zero-order chi connectivity index (χ0) is 25.6. The van der Waals surface area contributed by atoms with Crippen LogP contribution < -0.4 is 0 Å². The van der Waals surface area contributed by atoms with Crippen molar-refractivity contribution in [1.82, 2.24) is 4.31 Å². The normalized spacial score (nSPS) is 12.2. The van der Waals surface area contributed by atoms with Crippen molar-refractivity contribution in [2.24, 2.45) is 0 Å². The Hall–Kier alpha value is -3.49. The lowest BCUT2D eigenvalue weighted by Crippen LogP contribution is -2.48. The van der Waals surface area contributed by atoms with Gasteiger partial charge >= 0.3 is 5.97 Å². The lowest BCUT2D eigenvalue weighted by atomic mass is 9.93. The predicted octanol–water partition coefficient (Wildman–Crippen LogP) is 4.64. The van der Waals surface area contributed by atoms with Gasteiger partial charge in [0.25, 0.3) is 5.91 Å². The number of aryl methyl sites for hydroxylation is 1. The lowest BCUT2D eigenvalue weighted by molar-refractivity contribution is -0.141. The van der Waals surface area contributed by atoms with Crippen LogP contribution in [0.2, 0.25) is 0 Å². The van der Waals surface area contributed by atoms with Gasteiger partial charge in [-0.2, -0.15) is 0 Å². The number of nitrogens with zero attached hydrogens (tertiary/aromatic N) is 1. The second-order valence-electron chi connectivity index (χ2n) is 8.30. The predicted molar refractivity (Wildman–Crippen MR) is 134 cm³/mol. The number of hydrogen-bond acceptors (Lipinski definition) is 5. The molecule has 7 nitrogen and oxygen atoms in total. The molecular formula is C27H29NO6S. The van der Waals surface area contributed by atoms with Crippen LogP contribution >= 0.6 is 0 Å². The minimum Gasteiger partial charge on any atom is -0.480 e. The van der Waals surface area contributed by atoms with Crippen LogP contribution in [0.25, 0.3) is 11.1 Å². The zero-order valence-corrected chi connectivity index (χ0v) is 20.8. The van der Waals surface area contributed by atoms with Gasteiger partial charge in [-0.1, -0.05) is 67.6 Å². The van der Waals surface area contributed by atoms with Crippen LogP contribution in [0.4, 0.5) is 0 Å². The molecule has 3 aromatic rings. The first-order valence-electron chi connectivity index (χ1n) is 11.2. The van der Waals surface area contributed by atoms with Crippen LogP contribution in [0.15, 0.2) is 72.8 Å². The van der Waals surface area contributed by atoms with Gasteiger partial charge in [0.15, 0.2) is 0 Å². The van der Waals surface area contributed by atoms with Crippen molar-refractivity contribution in [2.75, 3.05) is 6.26 Å². The Morgan fingerprint density at radius 1 is 0.914 bits per heavy atom. The van der Waals surface area contributed by atoms with E-state index in [1.54, 1.807) is 12.1 Å². The van der Waals surface area contributed by atoms with E-state index in [9.17, 15) is 23.1 Å². The number of amides is 1. The maximum atomic E-state index is 13.6. The maximum absolute atomic E-state index is 13.6. The van der Waals surface area contributed by atoms with Crippen molar-refractivity contribution < 1.29 is 27.9 Å². The number of carbonyl (C=O) groups is 2. The van der Waals surface area contributed by atoms with Crippen molar-refractivity contribution in [2.45, 2.75) is 39.5 Å². The summed E-state index contributed by atoms with van der Waals surface area (Å²) in [6.45, 7) is 4.12. The van der Waals surface area contributed by atoms with Crippen molar-refractivity contribution in [3.8, 4) is 11.1 Å². The minimum absolute atomic E-state index is 0.0563. The molecular weight excluding hydrogens is 466 g/mol. The monoisotopic (exact) mass is 495 g/mol. The van der Waals surface area contributed by atoms with E-state index >= 15 is 0 Å². The van der Waals surface area contributed by atoms with E-state index < -0.39 is 27.9 Å². The highest BCUT2D eigenvalue weighted by Gasteiger charge is 2.36. The topological polar surface area (TPSA) is 101 Å². The highest BCUT2D eigenvalue weighted by Crippen LogP contribution is 2.30. The third kappa shape index (κ3) is 6.35. The minimum atomic E-state index is -4.15. The molecule has 0 aromatic heterocycles. The molecule has 0 spiro atoms. The first-order valence-corrected chi connectivity index (χ1v) is 13.1. The molecule has 35 heavy (non-hydrogen) atoms. The summed E-state index contributed by atoms with van der Waals surface area (Å²) in [4.78, 5) is 25.3. The second-order valence-corrected chi connectivity index (χ2v) is 10.2. The van der Waals surface area contributed by atoms with E-state index in [2.05, 4.69) is 0 Å². The summed E-state index contributed by atoms with van der Waals surface area (Å²) in [6, 6.07) is 20.7. The third-order valence-electron chi connectivity index (χ3n) is 5.64. The van der Waals surface area contributed by atoms with Crippen LogP contribution in [-0.4, -0.2) is 42.0 Å². The van der Waals surface area contributed by atoms with E-state index in [1.807, 2.05) is 61.5 Å². The number of carboxylic acid groups (broad SMARTS) is 1. The SMILES string of the molecule is CCC(C(=O)O)N(C(=O)c1ccc(COCc2ccccc2)cc1-c1ccccc1C)S(C)(=O)=O. The number of carboxylic acids is 1. The summed E-state index contributed by atoms with van der Waals surface area (Å²) < 4.78 is 31.4. The molecule has 3 rings (SSSR count). The summed E-state index contributed by atoms with van der Waals surface area (Å²) in [5.74, 6) is -2.26. The number of rotatable bonds is 10. The van der Waals surface area contributed by atoms with Gasteiger partial charge in [0.1, 0.15) is 6.04 Å². The molecule has 8 heteroatoms. The molecule has 0 saturated heterocycles. The van der Waals surface area contributed by atoms with Gasteiger partial charge in [-0.05, 0) is 53.3 Å². The molecule has 1 atom stereocenters. The van der Waals surface area contributed by atoms with Crippen LogP contribution in [0.5, 0.6) is 0 Å². The van der Waals surface area contributed by atoms with Crippen LogP contribution in [0, 0.1) is 6.92 Å². The van der Waals surface area contributed by atoms with Crippen LogP contribution in [0.3, 0.4) is 0 Å². The average molecular weight is 496 g/mol. The van der Waals surface area contributed by atoms with Gasteiger partial charge < -0.3 is 9.84 Å². The summed E-state index contributed by atoms with van der Waals surface area (Å²) in [6.07, 6.45) is 0.787. The molecule has 0 bridgehead atoms. The first-order chi connectivity index (χ1) is 16.6. The molecule has 1 amide bonds. The largest absolute Gasteiger partial charge is 0.480 e. The van der Waals surface area contributed by atoms with Crippen molar-refractivity contribution in [1.29, 1.82) is 0 Å². The summed E-state index contributed by atoms with van der Waals surface area (Å²) >= 11 is 0. The Balaban J connectivity index is 2.03. The third-order valence-corrected chi connectivity index (χ3v) is 6.78. The molecule has 1 N–H and O–H groups in total. The summed E-state index contributed by atoms with van der Waals surface area (Å²) in [7, 11) is -4.15. The molecule has 1 unspecified atom stereocenters. The van der Waals surface area contributed by atoms with E-state index in [-0.39, 0.29) is 18.6 Å². The first kappa shape index (κ1) is 26.1. The summed E-state index contributed by atoms with van der Waals surface area (Å²) in [5, 5.41) is 9.59. The van der Waals surface area contributed by atoms with E-state index in [0.717, 1.165) is 28.5 Å². The fraction of sp³-hybridized carbons (Fsp3) is 0.259. The number of ether oxygens (including phenoxy) is 1. The number of hydrogen-bond donors (Lipinski definition) is 1. The van der Waals surface area contributed by atoms with E-state index in [4.69, 9.17) is 4.74 Å². The van der Waals surface area contributed by atoms with Crippen LogP contribution in [-0.2, 0) is 32.8 Å². The Labute approximate surface area is 206 Å². The van der Waals surface area contributed by atoms with Crippen LogP contribution in [0.1, 0.15) is 40.4 Å². The molecule has 0 radical (unpaired) electrons. The Kier molecular flexibility index (Phi) is 8.43. The van der Waals surface area contributed by atoms with Crippen molar-refractivity contribution >= 4 is 21.9 Å². The average Bonchev–Trinajstić information content (AvgIpc) is 2.82. The highest BCUT2D eigenvalue weighted by molar-refractivity contribution is 7.89. The molecule has 0 aliphatic carbocycles. The molecule has 0 fully saturated rings. The number of benzene rings is 3. The van der Waals surface area contributed by atoms with Gasteiger partial charge in [0.05, 0.1) is 19.5 Å². The van der Waals surface area contributed by atoms with Gasteiger partial charge in [-0.3, -0.25) is 4.79 Å². The van der Waals surface area contributed by atoms with E-state index in [0.29, 0.717) is 16.5 Å². The fourth-order valence-electron chi connectivity index (χ4n) is 3.91. The standard InChI is InChI=1S/C27H29NO6S/c1-4-25(27(30)31)28(35(3,32)33)26(29)23-15-14-21(18-34-17-20-11-6-5-7-12-20)16-24(23)22-13-9-8-10-19(22)2/h5-16,25H,4,17-18H2,1-3H3,(H,30,31). The van der Waals surface area contributed by atoms with Gasteiger partial charge in [-0.25, -0.2) is 17.5 Å². The molecule has 0 heterocycles. The zero-order valence-electron chi connectivity index (χ0n) is 20.0. The quantitative estimate of drug-likeness (QED) is 0.440. The number of carbonyl (C=O) groups excluding carboxylic acids is 1. The molecule has 0 aliphatic heterocycles. The molecule has 0 aliphatic rings. The maximum Gasteiger partial charge on any atom is 0.327 e. The summed E-state index contributed by atoms with van der Waals surface area (Å²) in [5.41, 5.74) is 4.09. The lowest BCUT2D eigenvalue weighted by Gasteiger charge is -2.27. The molecule has 0 saturated carbocycles. The van der Waals surface area contributed by atoms with E-state index in [1.165, 1.54) is 13.0 Å².